The molecule has 0 bridgehead atoms. The van der Waals surface area contributed by atoms with Crippen LogP contribution in [-0.4, -0.2) is 37.2 Å². The van der Waals surface area contributed by atoms with Crippen LogP contribution in [0.2, 0.25) is 0 Å². The van der Waals surface area contributed by atoms with Crippen LogP contribution in [0.25, 0.3) is 0 Å². The van der Waals surface area contributed by atoms with E-state index in [0.29, 0.717) is 19.3 Å². The van der Waals surface area contributed by atoms with Gasteiger partial charge in [-0.1, -0.05) is 261 Å². The third kappa shape index (κ3) is 55.8. The van der Waals surface area contributed by atoms with Crippen LogP contribution in [0.5, 0.6) is 0 Å². The molecule has 0 fully saturated rings. The molecule has 0 spiro atoms. The van der Waals surface area contributed by atoms with E-state index >= 15 is 0 Å². The Kier molecular flexibility index (Phi) is 55.8. The molecule has 6 heteroatoms. The number of carbonyl (C=O) groups is 3. The SMILES string of the molecule is CC/C=C\C/C=C\C/C=C\C/C=C\CCCCCCCCC(=O)OCC(COC(=O)CCCCCCCCCCCCCCCC)OC(=O)CCCCCCCCCCC/C=C\C/C=C\CCCCC. The van der Waals surface area contributed by atoms with Crippen molar-refractivity contribution in [3.63, 3.8) is 0 Å². The lowest BCUT2D eigenvalue weighted by molar-refractivity contribution is -0.167. The van der Waals surface area contributed by atoms with Crippen molar-refractivity contribution < 1.29 is 28.6 Å². The summed E-state index contributed by atoms with van der Waals surface area (Å²) in [6.07, 6.45) is 74.6. The monoisotopic (exact) mass is 977 g/mol. The van der Waals surface area contributed by atoms with Crippen LogP contribution in [0.15, 0.2) is 72.9 Å². The summed E-state index contributed by atoms with van der Waals surface area (Å²) in [6, 6.07) is 0. The first-order valence-corrected chi connectivity index (χ1v) is 29.9. The molecule has 0 aromatic carbocycles. The Hall–Kier alpha value is -3.15. The van der Waals surface area contributed by atoms with Crippen LogP contribution < -0.4 is 0 Å². The average Bonchev–Trinajstić information content (AvgIpc) is 3.36. The van der Waals surface area contributed by atoms with Crippen LogP contribution in [0.4, 0.5) is 0 Å². The van der Waals surface area contributed by atoms with Gasteiger partial charge < -0.3 is 14.2 Å². The molecule has 1 unspecified atom stereocenters. The molecule has 0 saturated heterocycles. The number of hydrogen-bond donors (Lipinski definition) is 0. The van der Waals surface area contributed by atoms with E-state index in [1.165, 1.54) is 161 Å². The first kappa shape index (κ1) is 66.9. The maximum absolute atomic E-state index is 12.9. The van der Waals surface area contributed by atoms with Gasteiger partial charge in [0, 0.05) is 19.3 Å². The smallest absolute Gasteiger partial charge is 0.306 e. The predicted octanol–water partition coefficient (Wildman–Crippen LogP) is 20.2. The fourth-order valence-electron chi connectivity index (χ4n) is 8.47. The molecule has 0 aromatic heterocycles. The van der Waals surface area contributed by atoms with E-state index in [4.69, 9.17) is 14.2 Å². The van der Waals surface area contributed by atoms with Crippen LogP contribution in [0.1, 0.15) is 297 Å². The van der Waals surface area contributed by atoms with Gasteiger partial charge in [0.1, 0.15) is 13.2 Å². The minimum atomic E-state index is -0.783. The summed E-state index contributed by atoms with van der Waals surface area (Å²) < 4.78 is 16.9. The zero-order chi connectivity index (χ0) is 50.7. The summed E-state index contributed by atoms with van der Waals surface area (Å²) >= 11 is 0. The Bertz CT molecular complexity index is 1310. The first-order valence-electron chi connectivity index (χ1n) is 29.9. The van der Waals surface area contributed by atoms with E-state index in [1.807, 2.05) is 0 Å². The van der Waals surface area contributed by atoms with Crippen molar-refractivity contribution in [3.8, 4) is 0 Å². The van der Waals surface area contributed by atoms with Gasteiger partial charge in [-0.15, -0.1) is 0 Å². The molecule has 0 saturated carbocycles. The number of esters is 3. The lowest BCUT2D eigenvalue weighted by atomic mass is 10.0. The number of hydrogen-bond acceptors (Lipinski definition) is 6. The van der Waals surface area contributed by atoms with Crippen LogP contribution in [0, 0.1) is 0 Å². The minimum Gasteiger partial charge on any atom is -0.462 e. The molecule has 0 N–H and O–H groups in total. The maximum Gasteiger partial charge on any atom is 0.306 e. The fourth-order valence-corrected chi connectivity index (χ4v) is 8.47. The van der Waals surface area contributed by atoms with E-state index in [-0.39, 0.29) is 31.1 Å². The molecular weight excluding hydrogens is 865 g/mol. The Morgan fingerprint density at radius 2 is 0.557 bits per heavy atom. The number of unbranched alkanes of at least 4 members (excludes halogenated alkanes) is 31. The molecule has 404 valence electrons. The van der Waals surface area contributed by atoms with E-state index in [2.05, 4.69) is 93.7 Å². The summed E-state index contributed by atoms with van der Waals surface area (Å²) in [5.74, 6) is -0.886. The van der Waals surface area contributed by atoms with Gasteiger partial charge in [-0.3, -0.25) is 14.4 Å². The lowest BCUT2D eigenvalue weighted by Crippen LogP contribution is -2.30. The second-order valence-corrected chi connectivity index (χ2v) is 19.9. The van der Waals surface area contributed by atoms with Gasteiger partial charge in [0.05, 0.1) is 0 Å². The molecule has 0 heterocycles. The van der Waals surface area contributed by atoms with Crippen molar-refractivity contribution in [2.45, 2.75) is 303 Å². The second-order valence-electron chi connectivity index (χ2n) is 19.9. The number of rotatable bonds is 54. The van der Waals surface area contributed by atoms with Crippen LogP contribution >= 0.6 is 0 Å². The molecule has 1 atom stereocenters. The number of carbonyl (C=O) groups excluding carboxylic acids is 3. The van der Waals surface area contributed by atoms with Gasteiger partial charge in [0.2, 0.25) is 0 Å². The zero-order valence-corrected chi connectivity index (χ0v) is 46.3. The van der Waals surface area contributed by atoms with E-state index in [9.17, 15) is 14.4 Å². The highest BCUT2D eigenvalue weighted by Crippen LogP contribution is 2.16. The number of allylic oxidation sites excluding steroid dienone is 12. The molecule has 0 aliphatic heterocycles. The summed E-state index contributed by atoms with van der Waals surface area (Å²) in [5, 5.41) is 0. The topological polar surface area (TPSA) is 78.9 Å². The molecule has 0 aromatic rings. The molecule has 0 radical (unpaired) electrons. The summed E-state index contributed by atoms with van der Waals surface area (Å²) in [4.78, 5) is 38.2. The second kappa shape index (κ2) is 58.4. The first-order chi connectivity index (χ1) is 34.5. The predicted molar refractivity (Wildman–Crippen MR) is 302 cm³/mol. The van der Waals surface area contributed by atoms with Gasteiger partial charge in [0.25, 0.3) is 0 Å². The van der Waals surface area contributed by atoms with Crippen LogP contribution in [0.3, 0.4) is 0 Å². The van der Waals surface area contributed by atoms with E-state index < -0.39 is 6.10 Å². The highest BCUT2D eigenvalue weighted by molar-refractivity contribution is 5.71. The van der Waals surface area contributed by atoms with Gasteiger partial charge in [0.15, 0.2) is 6.10 Å². The quantitative estimate of drug-likeness (QED) is 0.0261. The molecular formula is C64H112O6. The van der Waals surface area contributed by atoms with Crippen molar-refractivity contribution in [2.24, 2.45) is 0 Å². The Morgan fingerprint density at radius 3 is 0.900 bits per heavy atom. The molecule has 0 rings (SSSR count). The van der Waals surface area contributed by atoms with Gasteiger partial charge in [-0.25, -0.2) is 0 Å². The van der Waals surface area contributed by atoms with E-state index in [1.54, 1.807) is 0 Å². The number of ether oxygens (including phenoxy) is 3. The minimum absolute atomic E-state index is 0.0792. The molecule has 0 aliphatic carbocycles. The van der Waals surface area contributed by atoms with Crippen molar-refractivity contribution in [2.75, 3.05) is 13.2 Å². The third-order valence-corrected chi connectivity index (χ3v) is 12.9. The van der Waals surface area contributed by atoms with Crippen molar-refractivity contribution in [3.05, 3.63) is 72.9 Å². The van der Waals surface area contributed by atoms with Crippen molar-refractivity contribution in [1.29, 1.82) is 0 Å². The largest absolute Gasteiger partial charge is 0.462 e. The standard InChI is InChI=1S/C64H112O6/c1-4-7-10-13-16-19-22-25-28-30-32-34-36-39-42-45-48-51-54-57-63(66)69-60-61(59-68-62(65)56-53-50-47-44-41-38-27-24-21-18-15-12-9-6-3)70-64(67)58-55-52-49-46-43-40-37-35-33-31-29-26-23-20-17-14-11-8-5-2/h7,10,16-17,19-20,25-26,28-29,32,34,61H,4-6,8-9,11-15,18,21-24,27,30-31,33,35-60H2,1-3H3/b10-7-,19-16-,20-17-,28-25-,29-26-,34-32-. The van der Waals surface area contributed by atoms with Gasteiger partial charge >= 0.3 is 17.9 Å². The Balaban J connectivity index is 4.39. The van der Waals surface area contributed by atoms with E-state index in [0.717, 1.165) is 96.3 Å². The molecule has 0 amide bonds. The average molecular weight is 978 g/mol. The molecule has 0 aliphatic rings. The maximum atomic E-state index is 12.9. The summed E-state index contributed by atoms with van der Waals surface area (Å²) in [5.41, 5.74) is 0. The van der Waals surface area contributed by atoms with Crippen molar-refractivity contribution >= 4 is 17.9 Å². The van der Waals surface area contributed by atoms with Gasteiger partial charge in [-0.2, -0.15) is 0 Å². The Morgan fingerprint density at radius 1 is 0.300 bits per heavy atom. The molecule has 6 nitrogen and oxygen atoms in total. The highest BCUT2D eigenvalue weighted by atomic mass is 16.6. The molecule has 70 heavy (non-hydrogen) atoms. The zero-order valence-electron chi connectivity index (χ0n) is 46.3. The lowest BCUT2D eigenvalue weighted by Gasteiger charge is -2.18. The van der Waals surface area contributed by atoms with Crippen LogP contribution in [-0.2, 0) is 28.6 Å². The summed E-state index contributed by atoms with van der Waals surface area (Å²) in [6.45, 7) is 6.52. The van der Waals surface area contributed by atoms with Gasteiger partial charge in [-0.05, 0) is 89.9 Å². The highest BCUT2D eigenvalue weighted by Gasteiger charge is 2.19. The Labute approximate surface area is 433 Å². The fraction of sp³-hybridized carbons (Fsp3) is 0.766. The third-order valence-electron chi connectivity index (χ3n) is 12.9. The normalized spacial score (nSPS) is 12.6. The summed E-state index contributed by atoms with van der Waals surface area (Å²) in [7, 11) is 0. The van der Waals surface area contributed by atoms with Crippen molar-refractivity contribution in [1.82, 2.24) is 0 Å².